The van der Waals surface area contributed by atoms with Crippen LogP contribution in [0.15, 0.2) is 53.4 Å². The van der Waals surface area contributed by atoms with Crippen LogP contribution in [-0.4, -0.2) is 43.8 Å². The zero-order chi connectivity index (χ0) is 19.8. The third-order valence-corrected chi connectivity index (χ3v) is 5.55. The summed E-state index contributed by atoms with van der Waals surface area (Å²) in [4.78, 5) is 25.8. The quantitative estimate of drug-likeness (QED) is 0.581. The fourth-order valence-corrected chi connectivity index (χ4v) is 3.91. The number of thioether (sulfide) groups is 1. The predicted octanol–water partition coefficient (Wildman–Crippen LogP) is 3.33. The molecule has 0 radical (unpaired) electrons. The predicted molar refractivity (Wildman–Crippen MR) is 119 cm³/mol. The molecule has 1 fully saturated rings. The molecule has 1 saturated heterocycles. The Hall–Kier alpha value is -2.22. The zero-order valence-electron chi connectivity index (χ0n) is 16.3. The summed E-state index contributed by atoms with van der Waals surface area (Å²) in [5, 5.41) is 9.24. The molecule has 156 valence electrons. The van der Waals surface area contributed by atoms with E-state index < -0.39 is 0 Å². The van der Waals surface area contributed by atoms with Crippen molar-refractivity contribution in [2.45, 2.75) is 23.8 Å². The molecule has 2 amide bonds. The van der Waals surface area contributed by atoms with Crippen LogP contribution in [0.1, 0.15) is 23.2 Å². The summed E-state index contributed by atoms with van der Waals surface area (Å²) >= 11 is 1.35. The number of hydrogen-bond donors (Lipinski definition) is 3. The minimum atomic E-state index is -0.134. The molecule has 0 aliphatic carbocycles. The number of methoxy groups -OCH3 is 1. The molecule has 0 bridgehead atoms. The van der Waals surface area contributed by atoms with Gasteiger partial charge in [0.1, 0.15) is 5.75 Å². The van der Waals surface area contributed by atoms with Crippen molar-refractivity contribution in [2.75, 3.05) is 31.3 Å². The van der Waals surface area contributed by atoms with E-state index in [9.17, 15) is 9.59 Å². The molecule has 3 N–H and O–H groups in total. The van der Waals surface area contributed by atoms with Gasteiger partial charge in [0.2, 0.25) is 5.91 Å². The third kappa shape index (κ3) is 6.96. The van der Waals surface area contributed by atoms with Gasteiger partial charge in [0.15, 0.2) is 0 Å². The Morgan fingerprint density at radius 1 is 1.21 bits per heavy atom. The van der Waals surface area contributed by atoms with Gasteiger partial charge in [0, 0.05) is 29.2 Å². The lowest BCUT2D eigenvalue weighted by Gasteiger charge is -2.24. The van der Waals surface area contributed by atoms with Crippen LogP contribution in [0.25, 0.3) is 0 Å². The highest BCUT2D eigenvalue weighted by Crippen LogP contribution is 2.24. The second kappa shape index (κ2) is 11.7. The van der Waals surface area contributed by atoms with Crippen LogP contribution >= 0.6 is 24.2 Å². The summed E-state index contributed by atoms with van der Waals surface area (Å²) in [7, 11) is 1.59. The van der Waals surface area contributed by atoms with Gasteiger partial charge < -0.3 is 20.7 Å². The van der Waals surface area contributed by atoms with E-state index in [1.165, 1.54) is 11.8 Å². The van der Waals surface area contributed by atoms with Crippen molar-refractivity contribution in [2.24, 2.45) is 0 Å². The molecule has 1 aliphatic heterocycles. The number of benzene rings is 2. The summed E-state index contributed by atoms with van der Waals surface area (Å²) in [6, 6.07) is 14.8. The fourth-order valence-electron chi connectivity index (χ4n) is 3.06. The van der Waals surface area contributed by atoms with Gasteiger partial charge in [-0.05, 0) is 43.7 Å². The first-order valence-electron chi connectivity index (χ1n) is 9.33. The van der Waals surface area contributed by atoms with Gasteiger partial charge in [-0.2, -0.15) is 0 Å². The van der Waals surface area contributed by atoms with Gasteiger partial charge in [-0.1, -0.05) is 18.2 Å². The molecule has 6 nitrogen and oxygen atoms in total. The van der Waals surface area contributed by atoms with E-state index in [-0.39, 0.29) is 36.0 Å². The smallest absolute Gasteiger partial charge is 0.252 e. The summed E-state index contributed by atoms with van der Waals surface area (Å²) in [6.45, 7) is 1.80. The zero-order valence-corrected chi connectivity index (χ0v) is 17.9. The topological polar surface area (TPSA) is 79.5 Å². The van der Waals surface area contributed by atoms with E-state index in [0.717, 1.165) is 30.8 Å². The highest BCUT2D eigenvalue weighted by molar-refractivity contribution is 8.00. The molecule has 2 aromatic rings. The highest BCUT2D eigenvalue weighted by atomic mass is 35.5. The first-order chi connectivity index (χ1) is 13.7. The molecule has 8 heteroatoms. The van der Waals surface area contributed by atoms with Crippen molar-refractivity contribution in [3.05, 3.63) is 54.1 Å². The molecule has 0 aromatic heterocycles. The second-order valence-electron chi connectivity index (χ2n) is 6.58. The Morgan fingerprint density at radius 3 is 2.79 bits per heavy atom. The second-order valence-corrected chi connectivity index (χ2v) is 7.60. The van der Waals surface area contributed by atoms with Crippen LogP contribution in [0.3, 0.4) is 0 Å². The van der Waals surface area contributed by atoms with E-state index in [4.69, 9.17) is 4.74 Å². The van der Waals surface area contributed by atoms with Crippen LogP contribution in [-0.2, 0) is 4.79 Å². The van der Waals surface area contributed by atoms with Crippen molar-refractivity contribution in [1.82, 2.24) is 10.6 Å². The van der Waals surface area contributed by atoms with Gasteiger partial charge in [0.25, 0.3) is 5.91 Å². The molecule has 0 unspecified atom stereocenters. The van der Waals surface area contributed by atoms with Crippen LogP contribution in [0, 0.1) is 0 Å². The molecule has 1 aliphatic rings. The lowest BCUT2D eigenvalue weighted by atomic mass is 10.1. The molecule has 2 aromatic carbocycles. The lowest BCUT2D eigenvalue weighted by molar-refractivity contribution is -0.113. The molecule has 3 rings (SSSR count). The Bertz CT molecular complexity index is 828. The molecular weight excluding hydrogens is 410 g/mol. The Labute approximate surface area is 181 Å². The fraction of sp³-hybridized carbons (Fsp3) is 0.333. The first-order valence-corrected chi connectivity index (χ1v) is 10.3. The normalized spacial score (nSPS) is 15.7. The maximum Gasteiger partial charge on any atom is 0.252 e. The Balaban J connectivity index is 0.00000300. The van der Waals surface area contributed by atoms with E-state index in [1.807, 2.05) is 36.4 Å². The third-order valence-electron chi connectivity index (χ3n) is 4.48. The largest absolute Gasteiger partial charge is 0.497 e. The van der Waals surface area contributed by atoms with Crippen LogP contribution < -0.4 is 20.7 Å². The van der Waals surface area contributed by atoms with E-state index in [2.05, 4.69) is 16.0 Å². The van der Waals surface area contributed by atoms with Crippen molar-refractivity contribution in [3.8, 4) is 5.75 Å². The summed E-state index contributed by atoms with van der Waals surface area (Å²) in [6.07, 6.45) is 2.04. The molecule has 1 heterocycles. The van der Waals surface area contributed by atoms with Crippen LogP contribution in [0.2, 0.25) is 0 Å². The molecule has 0 spiro atoms. The number of rotatable bonds is 7. The first kappa shape index (κ1) is 23.1. The van der Waals surface area contributed by atoms with Gasteiger partial charge in [-0.3, -0.25) is 9.59 Å². The molecule has 0 saturated carbocycles. The number of carbonyl (C=O) groups is 2. The van der Waals surface area contributed by atoms with Crippen LogP contribution in [0.4, 0.5) is 5.69 Å². The Morgan fingerprint density at radius 2 is 2.03 bits per heavy atom. The lowest BCUT2D eigenvalue weighted by Crippen LogP contribution is -2.45. The molecule has 29 heavy (non-hydrogen) atoms. The number of ether oxygens (including phenoxy) is 1. The Kier molecular flexibility index (Phi) is 9.31. The van der Waals surface area contributed by atoms with Gasteiger partial charge >= 0.3 is 0 Å². The van der Waals surface area contributed by atoms with Crippen molar-refractivity contribution >= 4 is 41.7 Å². The van der Waals surface area contributed by atoms with Crippen molar-refractivity contribution in [3.63, 3.8) is 0 Å². The van der Waals surface area contributed by atoms with Gasteiger partial charge in [0.05, 0.1) is 18.4 Å². The maximum atomic E-state index is 12.7. The van der Waals surface area contributed by atoms with Crippen molar-refractivity contribution < 1.29 is 14.3 Å². The van der Waals surface area contributed by atoms with Gasteiger partial charge in [-0.25, -0.2) is 0 Å². The number of piperidine rings is 1. The standard InChI is InChI=1S/C21H25N3O3S.ClH/c1-27-17-8-4-6-15(12-17)23-20(25)14-28-19-10-3-2-9-18(19)21(26)24-16-7-5-11-22-13-16;/h2-4,6,8-10,12,16,22H,5,7,11,13-14H2,1H3,(H,23,25)(H,24,26);1H/t16-;/m0./s1. The summed E-state index contributed by atoms with van der Waals surface area (Å²) < 4.78 is 5.16. The maximum absolute atomic E-state index is 12.7. The average Bonchev–Trinajstić information content (AvgIpc) is 2.73. The number of carbonyl (C=O) groups excluding carboxylic acids is 2. The van der Waals surface area contributed by atoms with E-state index in [0.29, 0.717) is 17.0 Å². The SMILES string of the molecule is COc1cccc(NC(=O)CSc2ccccc2C(=O)N[C@H]2CCCNC2)c1.Cl. The average molecular weight is 436 g/mol. The molecule has 1 atom stereocenters. The molecular formula is C21H26ClN3O3S. The number of amides is 2. The highest BCUT2D eigenvalue weighted by Gasteiger charge is 2.18. The van der Waals surface area contributed by atoms with Gasteiger partial charge in [-0.15, -0.1) is 24.2 Å². The number of halogens is 1. The van der Waals surface area contributed by atoms with Crippen LogP contribution in [0.5, 0.6) is 5.75 Å². The number of hydrogen-bond acceptors (Lipinski definition) is 5. The van der Waals surface area contributed by atoms with E-state index in [1.54, 1.807) is 19.2 Å². The monoisotopic (exact) mass is 435 g/mol. The van der Waals surface area contributed by atoms with Crippen molar-refractivity contribution in [1.29, 1.82) is 0 Å². The number of anilines is 1. The van der Waals surface area contributed by atoms with E-state index >= 15 is 0 Å². The summed E-state index contributed by atoms with van der Waals surface area (Å²) in [5.41, 5.74) is 1.29. The summed E-state index contributed by atoms with van der Waals surface area (Å²) in [5.74, 6) is 0.673. The number of nitrogens with one attached hydrogen (secondary N) is 3. The minimum Gasteiger partial charge on any atom is -0.497 e. The minimum absolute atomic E-state index is 0.